The van der Waals surface area contributed by atoms with Gasteiger partial charge in [0, 0.05) is 17.2 Å². The maximum atomic E-state index is 12.8. The van der Waals surface area contributed by atoms with Crippen molar-refractivity contribution in [2.45, 2.75) is 13.8 Å². The molecule has 0 saturated carbocycles. The van der Waals surface area contributed by atoms with E-state index in [1.54, 1.807) is 20.3 Å². The lowest BCUT2D eigenvalue weighted by atomic mass is 9.94. The van der Waals surface area contributed by atoms with Gasteiger partial charge in [0.05, 0.1) is 19.8 Å². The summed E-state index contributed by atoms with van der Waals surface area (Å²) in [5, 5.41) is 0. The molecule has 0 atom stereocenters. The van der Waals surface area contributed by atoms with Gasteiger partial charge in [0.15, 0.2) is 5.78 Å². The Morgan fingerprint density at radius 1 is 1.08 bits per heavy atom. The number of Topliss-reactive ketones (excluding diaryl/α,β-unsaturated/α-hetero) is 1. The van der Waals surface area contributed by atoms with Crippen LogP contribution in [0, 0.1) is 13.8 Å². The molecular weight excluding hydrogens is 304 g/mol. The number of benzene rings is 2. The number of hydrogen-bond acceptors (Lipinski definition) is 4. The lowest BCUT2D eigenvalue weighted by Gasteiger charge is -2.21. The molecule has 0 aromatic heterocycles. The van der Waals surface area contributed by atoms with E-state index in [2.05, 4.69) is 0 Å². The van der Waals surface area contributed by atoms with Crippen molar-refractivity contribution in [3.8, 4) is 17.2 Å². The number of rotatable bonds is 3. The molecule has 124 valence electrons. The van der Waals surface area contributed by atoms with Crippen LogP contribution < -0.4 is 14.2 Å². The Hall–Kier alpha value is -2.75. The first-order chi connectivity index (χ1) is 11.5. The van der Waals surface area contributed by atoms with Crippen LogP contribution >= 0.6 is 0 Å². The number of aryl methyl sites for hydroxylation is 2. The predicted octanol–water partition coefficient (Wildman–Crippen LogP) is 3.98. The normalized spacial score (nSPS) is 15.0. The minimum Gasteiger partial charge on any atom is -0.497 e. The number of fused-ring (bicyclic) bond motifs is 1. The van der Waals surface area contributed by atoms with Crippen LogP contribution in [0.25, 0.3) is 6.08 Å². The number of carbonyl (C=O) groups excluding carboxylic acids is 1. The summed E-state index contributed by atoms with van der Waals surface area (Å²) in [5.41, 5.74) is 4.08. The molecule has 0 N–H and O–H groups in total. The molecule has 0 amide bonds. The molecule has 2 aromatic rings. The third-order valence-corrected chi connectivity index (χ3v) is 4.10. The van der Waals surface area contributed by atoms with E-state index in [1.165, 1.54) is 0 Å². The van der Waals surface area contributed by atoms with Crippen LogP contribution in [-0.2, 0) is 0 Å². The van der Waals surface area contributed by atoms with Crippen LogP contribution in [0.2, 0.25) is 0 Å². The smallest absolute Gasteiger partial charge is 0.196 e. The van der Waals surface area contributed by atoms with E-state index in [4.69, 9.17) is 14.2 Å². The Balaban J connectivity index is 2.02. The predicted molar refractivity (Wildman–Crippen MR) is 93.3 cm³/mol. The second-order valence-corrected chi connectivity index (χ2v) is 5.85. The van der Waals surface area contributed by atoms with Crippen LogP contribution in [0.3, 0.4) is 0 Å². The van der Waals surface area contributed by atoms with E-state index in [0.29, 0.717) is 28.4 Å². The number of hydrogen-bond donors (Lipinski definition) is 0. The van der Waals surface area contributed by atoms with E-state index in [-0.39, 0.29) is 12.4 Å². The summed E-state index contributed by atoms with van der Waals surface area (Å²) in [5.74, 6) is 2.04. The molecule has 0 bridgehead atoms. The quantitative estimate of drug-likeness (QED) is 0.801. The third-order valence-electron chi connectivity index (χ3n) is 4.10. The summed E-state index contributed by atoms with van der Waals surface area (Å²) < 4.78 is 16.4. The highest BCUT2D eigenvalue weighted by atomic mass is 16.5. The molecular formula is C20H20O4. The molecule has 0 saturated heterocycles. The van der Waals surface area contributed by atoms with Crippen molar-refractivity contribution in [2.24, 2.45) is 0 Å². The van der Waals surface area contributed by atoms with E-state index in [9.17, 15) is 4.79 Å². The highest BCUT2D eigenvalue weighted by Crippen LogP contribution is 2.33. The summed E-state index contributed by atoms with van der Waals surface area (Å²) in [7, 11) is 3.20. The van der Waals surface area contributed by atoms with Gasteiger partial charge in [0.1, 0.15) is 23.9 Å². The first-order valence-corrected chi connectivity index (χ1v) is 7.75. The van der Waals surface area contributed by atoms with Gasteiger partial charge < -0.3 is 14.2 Å². The second kappa shape index (κ2) is 6.40. The number of ketones is 1. The van der Waals surface area contributed by atoms with Crippen LogP contribution in [0.1, 0.15) is 27.0 Å². The third kappa shape index (κ3) is 2.87. The van der Waals surface area contributed by atoms with Gasteiger partial charge in [-0.05, 0) is 49.2 Å². The molecule has 1 aliphatic heterocycles. The Kier molecular flexibility index (Phi) is 4.30. The topological polar surface area (TPSA) is 44.8 Å². The number of methoxy groups -OCH3 is 2. The summed E-state index contributed by atoms with van der Waals surface area (Å²) in [6, 6.07) is 9.40. The molecule has 24 heavy (non-hydrogen) atoms. The molecule has 0 aliphatic carbocycles. The number of ether oxygens (including phenoxy) is 3. The van der Waals surface area contributed by atoms with Crippen molar-refractivity contribution in [1.29, 1.82) is 0 Å². The van der Waals surface area contributed by atoms with Crippen molar-refractivity contribution in [3.63, 3.8) is 0 Å². The molecule has 0 unspecified atom stereocenters. The Bertz CT molecular complexity index is 834. The molecule has 2 aromatic carbocycles. The van der Waals surface area contributed by atoms with E-state index < -0.39 is 0 Å². The van der Waals surface area contributed by atoms with Gasteiger partial charge in [-0.25, -0.2) is 0 Å². The Morgan fingerprint density at radius 3 is 2.58 bits per heavy atom. The zero-order valence-electron chi connectivity index (χ0n) is 14.3. The first-order valence-electron chi connectivity index (χ1n) is 7.75. The van der Waals surface area contributed by atoms with Gasteiger partial charge in [0.25, 0.3) is 0 Å². The van der Waals surface area contributed by atoms with Crippen LogP contribution in [0.5, 0.6) is 17.2 Å². The largest absolute Gasteiger partial charge is 0.497 e. The fraction of sp³-hybridized carbons (Fsp3) is 0.250. The van der Waals surface area contributed by atoms with Gasteiger partial charge in [0.2, 0.25) is 0 Å². The Morgan fingerprint density at radius 2 is 1.88 bits per heavy atom. The van der Waals surface area contributed by atoms with Crippen LogP contribution in [0.15, 0.2) is 35.9 Å². The molecule has 4 nitrogen and oxygen atoms in total. The van der Waals surface area contributed by atoms with Crippen molar-refractivity contribution in [2.75, 3.05) is 20.8 Å². The molecule has 1 heterocycles. The summed E-state index contributed by atoms with van der Waals surface area (Å²) >= 11 is 0. The average molecular weight is 324 g/mol. The molecule has 0 spiro atoms. The van der Waals surface area contributed by atoms with Crippen molar-refractivity contribution in [3.05, 3.63) is 58.2 Å². The van der Waals surface area contributed by atoms with Gasteiger partial charge in [-0.3, -0.25) is 4.79 Å². The van der Waals surface area contributed by atoms with Crippen molar-refractivity contribution < 1.29 is 19.0 Å². The summed E-state index contributed by atoms with van der Waals surface area (Å²) in [6.45, 7) is 4.19. The highest BCUT2D eigenvalue weighted by Gasteiger charge is 2.25. The van der Waals surface area contributed by atoms with E-state index in [0.717, 1.165) is 16.7 Å². The van der Waals surface area contributed by atoms with Crippen molar-refractivity contribution in [1.82, 2.24) is 0 Å². The molecule has 1 aliphatic rings. The van der Waals surface area contributed by atoms with Gasteiger partial charge in [-0.2, -0.15) is 0 Å². The Labute approximate surface area is 141 Å². The van der Waals surface area contributed by atoms with Crippen molar-refractivity contribution >= 4 is 11.9 Å². The maximum Gasteiger partial charge on any atom is 0.196 e. The lowest BCUT2D eigenvalue weighted by molar-refractivity contribution is 0.100. The van der Waals surface area contributed by atoms with Gasteiger partial charge in [-0.15, -0.1) is 0 Å². The SMILES string of the molecule is COc1ccc(/C=C2\COc3c(C)cc(C)cc3C2=O)c(OC)c1. The van der Waals surface area contributed by atoms with Gasteiger partial charge >= 0.3 is 0 Å². The molecule has 4 heteroatoms. The minimum atomic E-state index is 0.000853. The molecule has 3 rings (SSSR count). The van der Waals surface area contributed by atoms with Crippen LogP contribution in [0.4, 0.5) is 0 Å². The maximum absolute atomic E-state index is 12.8. The summed E-state index contributed by atoms with van der Waals surface area (Å²) in [4.78, 5) is 12.8. The van der Waals surface area contributed by atoms with E-state index in [1.807, 2.05) is 44.2 Å². The molecule has 0 radical (unpaired) electrons. The van der Waals surface area contributed by atoms with Crippen LogP contribution in [-0.4, -0.2) is 26.6 Å². The fourth-order valence-corrected chi connectivity index (χ4v) is 2.94. The second-order valence-electron chi connectivity index (χ2n) is 5.85. The fourth-order valence-electron chi connectivity index (χ4n) is 2.94. The minimum absolute atomic E-state index is 0.000853. The van der Waals surface area contributed by atoms with E-state index >= 15 is 0 Å². The standard InChI is InChI=1S/C20H20O4/c1-12-7-13(2)20-17(8-12)19(21)15(11-24-20)9-14-5-6-16(22-3)10-18(14)23-4/h5-10H,11H2,1-4H3/b15-9+. The average Bonchev–Trinajstić information content (AvgIpc) is 2.58. The van der Waals surface area contributed by atoms with Gasteiger partial charge in [-0.1, -0.05) is 6.07 Å². The summed E-state index contributed by atoms with van der Waals surface area (Å²) in [6.07, 6.45) is 1.82. The zero-order valence-corrected chi connectivity index (χ0v) is 14.3. The zero-order chi connectivity index (χ0) is 17.3. The lowest BCUT2D eigenvalue weighted by Crippen LogP contribution is -2.20. The monoisotopic (exact) mass is 324 g/mol. The highest BCUT2D eigenvalue weighted by molar-refractivity contribution is 6.14. The molecule has 0 fully saturated rings. The first kappa shape index (κ1) is 16.1. The number of carbonyl (C=O) groups is 1.